The first-order valence-electron chi connectivity index (χ1n) is 6.17. The van der Waals surface area contributed by atoms with Gasteiger partial charge in [-0.3, -0.25) is 9.67 Å². The lowest BCUT2D eigenvalue weighted by molar-refractivity contribution is 0.136. The van der Waals surface area contributed by atoms with Gasteiger partial charge in [0.1, 0.15) is 6.10 Å². The SMILES string of the molecule is Cc1cnn(C)c1-c1cc(OC2CNC2)c(F)cn1. The van der Waals surface area contributed by atoms with Crippen LogP contribution >= 0.6 is 0 Å². The third kappa shape index (κ3) is 2.19. The van der Waals surface area contributed by atoms with Crippen molar-refractivity contribution in [1.29, 1.82) is 0 Å². The van der Waals surface area contributed by atoms with Gasteiger partial charge in [0.05, 0.1) is 23.8 Å². The molecule has 3 rings (SSSR count). The second-order valence-corrected chi connectivity index (χ2v) is 4.70. The summed E-state index contributed by atoms with van der Waals surface area (Å²) in [7, 11) is 1.84. The normalized spacial score (nSPS) is 15.3. The second-order valence-electron chi connectivity index (χ2n) is 4.70. The smallest absolute Gasteiger partial charge is 0.183 e. The maximum absolute atomic E-state index is 13.7. The van der Waals surface area contributed by atoms with E-state index in [9.17, 15) is 4.39 Å². The Morgan fingerprint density at radius 2 is 2.21 bits per heavy atom. The van der Waals surface area contributed by atoms with Gasteiger partial charge < -0.3 is 10.1 Å². The topological polar surface area (TPSA) is 52.0 Å². The van der Waals surface area contributed by atoms with Crippen molar-refractivity contribution in [1.82, 2.24) is 20.1 Å². The zero-order valence-corrected chi connectivity index (χ0v) is 10.9. The molecule has 2 aromatic heterocycles. The minimum Gasteiger partial charge on any atom is -0.485 e. The third-order valence-corrected chi connectivity index (χ3v) is 3.22. The number of hydrogen-bond donors (Lipinski definition) is 1. The maximum Gasteiger partial charge on any atom is 0.183 e. The molecule has 1 N–H and O–H groups in total. The van der Waals surface area contributed by atoms with Crippen LogP contribution in [-0.4, -0.2) is 34.0 Å². The minimum atomic E-state index is -0.435. The molecule has 0 saturated carbocycles. The van der Waals surface area contributed by atoms with E-state index < -0.39 is 5.82 Å². The molecule has 0 aliphatic carbocycles. The first-order valence-corrected chi connectivity index (χ1v) is 6.17. The first-order chi connectivity index (χ1) is 9.15. The first kappa shape index (κ1) is 12.1. The van der Waals surface area contributed by atoms with E-state index in [1.807, 2.05) is 14.0 Å². The molecular weight excluding hydrogens is 247 g/mol. The molecule has 0 spiro atoms. The lowest BCUT2D eigenvalue weighted by Gasteiger charge is -2.28. The molecule has 5 nitrogen and oxygen atoms in total. The number of rotatable bonds is 3. The summed E-state index contributed by atoms with van der Waals surface area (Å²) in [5, 5.41) is 7.25. The van der Waals surface area contributed by atoms with Crippen LogP contribution in [0.5, 0.6) is 5.75 Å². The van der Waals surface area contributed by atoms with Crippen LogP contribution in [0.2, 0.25) is 0 Å². The molecule has 19 heavy (non-hydrogen) atoms. The molecule has 1 fully saturated rings. The van der Waals surface area contributed by atoms with Crippen LogP contribution < -0.4 is 10.1 Å². The van der Waals surface area contributed by atoms with Gasteiger partial charge in [0.15, 0.2) is 11.6 Å². The summed E-state index contributed by atoms with van der Waals surface area (Å²) in [5.74, 6) is -0.187. The van der Waals surface area contributed by atoms with Crippen LogP contribution in [0.1, 0.15) is 5.56 Å². The zero-order valence-electron chi connectivity index (χ0n) is 10.9. The number of hydrogen-bond acceptors (Lipinski definition) is 4. The van der Waals surface area contributed by atoms with Gasteiger partial charge >= 0.3 is 0 Å². The quantitative estimate of drug-likeness (QED) is 0.905. The van der Waals surface area contributed by atoms with Gasteiger partial charge in [0, 0.05) is 26.2 Å². The highest BCUT2D eigenvalue weighted by molar-refractivity contribution is 5.60. The van der Waals surface area contributed by atoms with Gasteiger partial charge in [-0.1, -0.05) is 0 Å². The molecule has 100 valence electrons. The number of ether oxygens (including phenoxy) is 1. The molecule has 0 aromatic carbocycles. The van der Waals surface area contributed by atoms with Crippen molar-refractivity contribution in [2.45, 2.75) is 13.0 Å². The zero-order chi connectivity index (χ0) is 13.4. The summed E-state index contributed by atoms with van der Waals surface area (Å²) in [6.07, 6.45) is 3.00. The third-order valence-electron chi connectivity index (χ3n) is 3.22. The molecule has 0 amide bonds. The van der Waals surface area contributed by atoms with Gasteiger partial charge in [0.2, 0.25) is 0 Å². The Hall–Kier alpha value is -1.95. The van der Waals surface area contributed by atoms with E-state index in [4.69, 9.17) is 4.74 Å². The molecule has 6 heteroatoms. The Bertz CT molecular complexity index is 587. The predicted molar refractivity (Wildman–Crippen MR) is 68.4 cm³/mol. The largest absolute Gasteiger partial charge is 0.485 e. The van der Waals surface area contributed by atoms with E-state index in [-0.39, 0.29) is 11.9 Å². The molecule has 1 saturated heterocycles. The average Bonchev–Trinajstić information content (AvgIpc) is 2.66. The molecule has 0 bridgehead atoms. The molecule has 0 unspecified atom stereocenters. The van der Waals surface area contributed by atoms with E-state index in [1.54, 1.807) is 16.9 Å². The van der Waals surface area contributed by atoms with Gasteiger partial charge in [-0.05, 0) is 12.5 Å². The van der Waals surface area contributed by atoms with Gasteiger partial charge in [-0.15, -0.1) is 0 Å². The second kappa shape index (κ2) is 4.62. The summed E-state index contributed by atoms with van der Waals surface area (Å²) < 4.78 is 21.0. The number of pyridine rings is 1. The summed E-state index contributed by atoms with van der Waals surface area (Å²) >= 11 is 0. The predicted octanol–water partition coefficient (Wildman–Crippen LogP) is 1.28. The molecule has 3 heterocycles. The van der Waals surface area contributed by atoms with Crippen molar-refractivity contribution in [2.24, 2.45) is 7.05 Å². The number of nitrogens with zero attached hydrogens (tertiary/aromatic N) is 3. The summed E-state index contributed by atoms with van der Waals surface area (Å²) in [6, 6.07) is 1.64. The van der Waals surface area contributed by atoms with E-state index in [0.29, 0.717) is 5.69 Å². The Labute approximate surface area is 110 Å². The molecule has 1 aliphatic rings. The van der Waals surface area contributed by atoms with Crippen LogP contribution in [0.25, 0.3) is 11.4 Å². The van der Waals surface area contributed by atoms with E-state index in [2.05, 4.69) is 15.4 Å². The van der Waals surface area contributed by atoms with E-state index >= 15 is 0 Å². The number of aromatic nitrogens is 3. The van der Waals surface area contributed by atoms with Crippen molar-refractivity contribution >= 4 is 0 Å². The highest BCUT2D eigenvalue weighted by Gasteiger charge is 2.21. The standard InChI is InChI=1S/C13H15FN4O/c1-8-4-17-18(2)13(8)11-3-12(10(14)7-16-11)19-9-5-15-6-9/h3-4,7,9,15H,5-6H2,1-2H3. The summed E-state index contributed by atoms with van der Waals surface area (Å²) in [5.41, 5.74) is 2.54. The highest BCUT2D eigenvalue weighted by atomic mass is 19.1. The van der Waals surface area contributed by atoms with Crippen LogP contribution in [0.4, 0.5) is 4.39 Å². The highest BCUT2D eigenvalue weighted by Crippen LogP contribution is 2.27. The lowest BCUT2D eigenvalue weighted by atomic mass is 10.2. The molecular formula is C13H15FN4O. The lowest BCUT2D eigenvalue weighted by Crippen LogP contribution is -2.50. The van der Waals surface area contributed by atoms with Crippen LogP contribution in [0, 0.1) is 12.7 Å². The Morgan fingerprint density at radius 1 is 1.42 bits per heavy atom. The fraction of sp³-hybridized carbons (Fsp3) is 0.385. The van der Waals surface area contributed by atoms with Gasteiger partial charge in [-0.2, -0.15) is 5.10 Å². The summed E-state index contributed by atoms with van der Waals surface area (Å²) in [6.45, 7) is 3.45. The fourth-order valence-corrected chi connectivity index (χ4v) is 2.08. The number of nitrogens with one attached hydrogen (secondary N) is 1. The van der Waals surface area contributed by atoms with Crippen molar-refractivity contribution in [3.05, 3.63) is 29.8 Å². The van der Waals surface area contributed by atoms with Crippen molar-refractivity contribution in [3.8, 4) is 17.1 Å². The summed E-state index contributed by atoms with van der Waals surface area (Å²) in [4.78, 5) is 4.12. The Balaban J connectivity index is 1.96. The van der Waals surface area contributed by atoms with Crippen molar-refractivity contribution < 1.29 is 9.13 Å². The van der Waals surface area contributed by atoms with Gasteiger partial charge in [-0.25, -0.2) is 4.39 Å². The monoisotopic (exact) mass is 262 g/mol. The van der Waals surface area contributed by atoms with Crippen molar-refractivity contribution in [2.75, 3.05) is 13.1 Å². The molecule has 0 atom stereocenters. The fourth-order valence-electron chi connectivity index (χ4n) is 2.08. The van der Waals surface area contributed by atoms with E-state index in [1.165, 1.54) is 6.20 Å². The van der Waals surface area contributed by atoms with Crippen molar-refractivity contribution in [3.63, 3.8) is 0 Å². The number of halogens is 1. The number of aryl methyl sites for hydroxylation is 2. The average molecular weight is 262 g/mol. The molecule has 1 aliphatic heterocycles. The minimum absolute atomic E-state index is 0.0392. The Morgan fingerprint density at radius 3 is 2.79 bits per heavy atom. The van der Waals surface area contributed by atoms with Crippen LogP contribution in [0.15, 0.2) is 18.5 Å². The molecule has 0 radical (unpaired) electrons. The maximum atomic E-state index is 13.7. The van der Waals surface area contributed by atoms with Crippen LogP contribution in [-0.2, 0) is 7.05 Å². The van der Waals surface area contributed by atoms with Gasteiger partial charge in [0.25, 0.3) is 0 Å². The van der Waals surface area contributed by atoms with E-state index in [0.717, 1.165) is 24.3 Å². The van der Waals surface area contributed by atoms with Crippen LogP contribution in [0.3, 0.4) is 0 Å². The molecule has 2 aromatic rings. The Kier molecular flexibility index (Phi) is 2.94.